The number of H-pyrrole nitrogens is 1. The van der Waals surface area contributed by atoms with Gasteiger partial charge in [0.25, 0.3) is 5.56 Å². The normalized spacial score (nSPS) is 19.0. The SMILES string of the molecule is CCCCc1c(C)nc(N2CC(S(=O)(=O)F)CC2=O)[nH]c1=O. The van der Waals surface area contributed by atoms with Gasteiger partial charge in [-0.25, -0.2) is 4.98 Å². The number of rotatable bonds is 5. The predicted molar refractivity (Wildman–Crippen MR) is 79.0 cm³/mol. The molecule has 0 radical (unpaired) electrons. The van der Waals surface area contributed by atoms with Gasteiger partial charge in [0.05, 0.1) is 0 Å². The number of aromatic nitrogens is 2. The molecular formula is C13H18FN3O4S. The Bertz CT molecular complexity index is 744. The molecule has 1 unspecified atom stereocenters. The van der Waals surface area contributed by atoms with Crippen molar-refractivity contribution in [2.45, 2.75) is 44.8 Å². The predicted octanol–water partition coefficient (Wildman–Crippen LogP) is 0.826. The van der Waals surface area contributed by atoms with E-state index in [4.69, 9.17) is 0 Å². The first-order valence-electron chi connectivity index (χ1n) is 7.07. The molecule has 0 aliphatic carbocycles. The van der Waals surface area contributed by atoms with Crippen molar-refractivity contribution in [1.82, 2.24) is 9.97 Å². The highest BCUT2D eigenvalue weighted by Crippen LogP contribution is 2.23. The van der Waals surface area contributed by atoms with Gasteiger partial charge in [-0.1, -0.05) is 13.3 Å². The number of halogens is 1. The van der Waals surface area contributed by atoms with Gasteiger partial charge in [-0.05, 0) is 19.8 Å². The van der Waals surface area contributed by atoms with Crippen LogP contribution in [0.15, 0.2) is 4.79 Å². The lowest BCUT2D eigenvalue weighted by atomic mass is 10.1. The Kier molecular flexibility index (Phi) is 4.64. The second kappa shape index (κ2) is 6.15. The number of carbonyl (C=O) groups is 1. The van der Waals surface area contributed by atoms with E-state index >= 15 is 0 Å². The van der Waals surface area contributed by atoms with Gasteiger partial charge < -0.3 is 0 Å². The Morgan fingerprint density at radius 1 is 1.41 bits per heavy atom. The van der Waals surface area contributed by atoms with E-state index < -0.39 is 27.8 Å². The number of amides is 1. The molecular weight excluding hydrogens is 313 g/mol. The number of nitrogens with one attached hydrogen (secondary N) is 1. The Hall–Kier alpha value is -1.77. The van der Waals surface area contributed by atoms with Crippen molar-refractivity contribution in [2.75, 3.05) is 11.4 Å². The van der Waals surface area contributed by atoms with Gasteiger partial charge in [0.15, 0.2) is 0 Å². The van der Waals surface area contributed by atoms with Gasteiger partial charge >= 0.3 is 10.2 Å². The molecule has 0 saturated carbocycles. The summed E-state index contributed by atoms with van der Waals surface area (Å²) < 4.78 is 34.9. The Labute approximate surface area is 127 Å². The summed E-state index contributed by atoms with van der Waals surface area (Å²) in [5.41, 5.74) is 0.689. The quantitative estimate of drug-likeness (QED) is 0.805. The first-order valence-corrected chi connectivity index (χ1v) is 8.52. The van der Waals surface area contributed by atoms with E-state index in [0.717, 1.165) is 17.7 Å². The summed E-state index contributed by atoms with van der Waals surface area (Å²) in [4.78, 5) is 31.6. The third-order valence-corrected chi connectivity index (χ3v) is 4.85. The lowest BCUT2D eigenvalue weighted by Crippen LogP contribution is -2.31. The minimum atomic E-state index is -4.80. The van der Waals surface area contributed by atoms with Crippen LogP contribution >= 0.6 is 0 Å². The highest BCUT2D eigenvalue weighted by atomic mass is 32.3. The Morgan fingerprint density at radius 2 is 2.09 bits per heavy atom. The van der Waals surface area contributed by atoms with Crippen molar-refractivity contribution in [3.63, 3.8) is 0 Å². The topological polar surface area (TPSA) is 100 Å². The fraction of sp³-hybridized carbons (Fsp3) is 0.615. The molecule has 1 N–H and O–H groups in total. The lowest BCUT2D eigenvalue weighted by Gasteiger charge is -2.15. The monoisotopic (exact) mass is 331 g/mol. The molecule has 1 aliphatic heterocycles. The third-order valence-electron chi connectivity index (χ3n) is 3.73. The zero-order valence-electron chi connectivity index (χ0n) is 12.4. The van der Waals surface area contributed by atoms with E-state index in [2.05, 4.69) is 9.97 Å². The van der Waals surface area contributed by atoms with E-state index in [1.807, 2.05) is 6.92 Å². The van der Waals surface area contributed by atoms with Crippen LogP contribution < -0.4 is 10.5 Å². The third kappa shape index (κ3) is 3.34. The molecule has 1 saturated heterocycles. The number of aryl methyl sites for hydroxylation is 1. The van der Waals surface area contributed by atoms with Crippen LogP contribution in [0.4, 0.5) is 9.83 Å². The molecule has 1 fully saturated rings. The molecule has 0 bridgehead atoms. The number of carbonyl (C=O) groups excluding carboxylic acids is 1. The first-order chi connectivity index (χ1) is 10.2. The highest BCUT2D eigenvalue weighted by Gasteiger charge is 2.40. The molecule has 7 nitrogen and oxygen atoms in total. The largest absolute Gasteiger partial charge is 0.307 e. The lowest BCUT2D eigenvalue weighted by molar-refractivity contribution is -0.117. The number of hydrogen-bond donors (Lipinski definition) is 1. The number of hydrogen-bond acceptors (Lipinski definition) is 5. The van der Waals surface area contributed by atoms with E-state index in [1.54, 1.807) is 6.92 Å². The average molecular weight is 331 g/mol. The van der Waals surface area contributed by atoms with E-state index in [0.29, 0.717) is 17.7 Å². The van der Waals surface area contributed by atoms with Gasteiger partial charge in [0.1, 0.15) is 5.25 Å². The molecule has 1 aromatic heterocycles. The zero-order valence-corrected chi connectivity index (χ0v) is 13.2. The molecule has 2 heterocycles. The van der Waals surface area contributed by atoms with Crippen LogP contribution in [0.5, 0.6) is 0 Å². The molecule has 0 aromatic carbocycles. The maximum absolute atomic E-state index is 13.0. The van der Waals surface area contributed by atoms with Crippen LogP contribution in [0.25, 0.3) is 0 Å². The second-order valence-electron chi connectivity index (χ2n) is 5.36. The fourth-order valence-corrected chi connectivity index (χ4v) is 3.11. The summed E-state index contributed by atoms with van der Waals surface area (Å²) in [6, 6.07) is 0. The standard InChI is InChI=1S/C13H18FN3O4S/c1-3-4-5-10-8(2)15-13(16-12(10)19)17-7-9(6-11(17)18)22(14,20)21/h9H,3-7H2,1-2H3,(H,15,16,19). The molecule has 1 aromatic rings. The van der Waals surface area contributed by atoms with Crippen LogP contribution in [0.3, 0.4) is 0 Å². The molecule has 1 amide bonds. The number of nitrogens with zero attached hydrogens (tertiary/aromatic N) is 2. The van der Waals surface area contributed by atoms with Crippen molar-refractivity contribution in [1.29, 1.82) is 0 Å². The minimum Gasteiger partial charge on any atom is -0.292 e. The summed E-state index contributed by atoms with van der Waals surface area (Å²) in [6.45, 7) is 3.33. The second-order valence-corrected chi connectivity index (χ2v) is 6.98. The molecule has 1 atom stereocenters. The maximum Gasteiger partial charge on any atom is 0.307 e. The van der Waals surface area contributed by atoms with E-state index in [1.165, 1.54) is 0 Å². The number of anilines is 1. The summed E-state index contributed by atoms with van der Waals surface area (Å²) in [5.74, 6) is -0.603. The van der Waals surface area contributed by atoms with Crippen LogP contribution in [-0.2, 0) is 21.4 Å². The molecule has 0 spiro atoms. The van der Waals surface area contributed by atoms with Gasteiger partial charge in [-0.2, -0.15) is 8.42 Å². The van der Waals surface area contributed by atoms with E-state index in [9.17, 15) is 21.9 Å². The molecule has 122 valence electrons. The van der Waals surface area contributed by atoms with Crippen molar-refractivity contribution < 1.29 is 17.1 Å². The highest BCUT2D eigenvalue weighted by molar-refractivity contribution is 7.87. The summed E-state index contributed by atoms with van der Waals surface area (Å²) in [6.07, 6.45) is 1.91. The Morgan fingerprint density at radius 3 is 2.59 bits per heavy atom. The van der Waals surface area contributed by atoms with Crippen LogP contribution in [0.1, 0.15) is 37.4 Å². The first kappa shape index (κ1) is 16.6. The summed E-state index contributed by atoms with van der Waals surface area (Å²) >= 11 is 0. The molecule has 9 heteroatoms. The van der Waals surface area contributed by atoms with Crippen LogP contribution in [0.2, 0.25) is 0 Å². The molecule has 22 heavy (non-hydrogen) atoms. The molecule has 2 rings (SSSR count). The van der Waals surface area contributed by atoms with Gasteiger partial charge in [-0.3, -0.25) is 19.5 Å². The number of unbranched alkanes of at least 4 members (excludes halogenated alkanes) is 1. The average Bonchev–Trinajstić information content (AvgIpc) is 2.80. The van der Waals surface area contributed by atoms with Crippen LogP contribution in [0, 0.1) is 6.92 Å². The van der Waals surface area contributed by atoms with Crippen molar-refractivity contribution >= 4 is 22.1 Å². The van der Waals surface area contributed by atoms with Crippen LogP contribution in [-0.4, -0.2) is 36.1 Å². The van der Waals surface area contributed by atoms with Crippen molar-refractivity contribution in [3.05, 3.63) is 21.6 Å². The summed E-state index contributed by atoms with van der Waals surface area (Å²) in [7, 11) is -4.80. The maximum atomic E-state index is 13.0. The fourth-order valence-electron chi connectivity index (χ4n) is 2.44. The van der Waals surface area contributed by atoms with E-state index in [-0.39, 0.29) is 18.1 Å². The Balaban J connectivity index is 2.31. The molecule has 1 aliphatic rings. The van der Waals surface area contributed by atoms with Gasteiger partial charge in [0.2, 0.25) is 11.9 Å². The van der Waals surface area contributed by atoms with Crippen molar-refractivity contribution in [3.8, 4) is 0 Å². The zero-order chi connectivity index (χ0) is 16.5. The van der Waals surface area contributed by atoms with Crippen molar-refractivity contribution in [2.24, 2.45) is 0 Å². The van der Waals surface area contributed by atoms with Gasteiger partial charge in [-0.15, -0.1) is 3.89 Å². The number of aromatic amines is 1. The minimum absolute atomic E-state index is 0.0288. The smallest absolute Gasteiger partial charge is 0.292 e. The summed E-state index contributed by atoms with van der Waals surface area (Å²) in [5, 5.41) is -1.41. The van der Waals surface area contributed by atoms with Gasteiger partial charge in [0, 0.05) is 24.2 Å².